The molecule has 0 aromatic heterocycles. The van der Waals surface area contributed by atoms with Crippen molar-refractivity contribution < 1.29 is 37.0 Å². The summed E-state index contributed by atoms with van der Waals surface area (Å²) in [5.74, 6) is -1.51. The summed E-state index contributed by atoms with van der Waals surface area (Å²) >= 11 is 0. The number of alkyl halides is 3. The van der Waals surface area contributed by atoms with Crippen molar-refractivity contribution in [3.63, 3.8) is 0 Å². The fourth-order valence-electron chi connectivity index (χ4n) is 6.30. The Bertz CT molecular complexity index is 1100. The van der Waals surface area contributed by atoms with Gasteiger partial charge in [-0.15, -0.1) is 0 Å². The Morgan fingerprint density at radius 1 is 1.38 bits per heavy atom. The number of carbonyl (C=O) groups is 2. The molecular weight excluding hydrogens is 455 g/mol. The molecule has 2 amide bonds. The lowest BCUT2D eigenvalue weighted by molar-refractivity contribution is -0.144. The molecule has 4 heterocycles. The molecule has 34 heavy (non-hydrogen) atoms. The molecule has 5 rings (SSSR count). The zero-order chi connectivity index (χ0) is 24.6. The van der Waals surface area contributed by atoms with Crippen molar-refractivity contribution in [1.29, 1.82) is 5.26 Å². The molecule has 4 saturated heterocycles. The number of nitriles is 1. The van der Waals surface area contributed by atoms with E-state index in [0.29, 0.717) is 12.8 Å². The molecule has 0 radical (unpaired) electrons. The first kappa shape index (κ1) is 22.9. The first-order chi connectivity index (χ1) is 15.9. The molecule has 0 aliphatic carbocycles. The first-order valence-electron chi connectivity index (χ1n) is 11.1. The van der Waals surface area contributed by atoms with Gasteiger partial charge in [0.2, 0.25) is 5.91 Å². The molecule has 8 nitrogen and oxygen atoms in total. The number of halogens is 3. The van der Waals surface area contributed by atoms with E-state index in [9.17, 15) is 22.8 Å². The summed E-state index contributed by atoms with van der Waals surface area (Å²) < 4.78 is 58.4. The predicted molar refractivity (Wildman–Crippen MR) is 110 cm³/mol. The number of amides is 2. The second-order valence-corrected chi connectivity index (χ2v) is 9.79. The van der Waals surface area contributed by atoms with Gasteiger partial charge in [-0.2, -0.15) is 18.4 Å². The van der Waals surface area contributed by atoms with E-state index in [2.05, 4.69) is 5.32 Å². The highest BCUT2D eigenvalue weighted by atomic mass is 19.4. The highest BCUT2D eigenvalue weighted by Crippen LogP contribution is 2.65. The summed E-state index contributed by atoms with van der Waals surface area (Å²) in [6.07, 6.45) is -5.71. The molecule has 11 heteroatoms. The van der Waals surface area contributed by atoms with Gasteiger partial charge in [-0.05, 0) is 39.0 Å². The molecule has 0 saturated carbocycles. The van der Waals surface area contributed by atoms with Crippen LogP contribution in [0.3, 0.4) is 0 Å². The number of ether oxygens (including phenoxy) is 3. The van der Waals surface area contributed by atoms with Crippen LogP contribution in [0.25, 0.3) is 0 Å². The summed E-state index contributed by atoms with van der Waals surface area (Å²) in [5, 5.41) is 12.0. The summed E-state index contributed by atoms with van der Waals surface area (Å²) in [7, 11) is 0. The Hall–Kier alpha value is -2.84. The van der Waals surface area contributed by atoms with Gasteiger partial charge in [-0.1, -0.05) is 0 Å². The number of anilines is 1. The van der Waals surface area contributed by atoms with Crippen LogP contribution >= 0.6 is 0 Å². The topological polar surface area (TPSA) is 101 Å². The second kappa shape index (κ2) is 7.33. The summed E-state index contributed by atoms with van der Waals surface area (Å²) in [6.45, 7) is 5.47. The summed E-state index contributed by atoms with van der Waals surface area (Å²) in [4.78, 5) is 27.2. The Balaban J connectivity index is 1.52. The van der Waals surface area contributed by atoms with Crippen LogP contribution in [-0.2, 0) is 25.2 Å². The van der Waals surface area contributed by atoms with Crippen LogP contribution in [-0.4, -0.2) is 48.2 Å². The molecule has 4 aliphatic heterocycles. The van der Waals surface area contributed by atoms with E-state index in [1.165, 1.54) is 11.0 Å². The SMILES string of the molecule is CC(C)OC(=O)N[C@H]1C[C@@]2(C)O[C@@]13CCO[C@H]1[C@@H]3[C@@H]2C(=O)N1c1ccc(C#N)c(C(F)(F)F)c1. The maximum Gasteiger partial charge on any atom is 0.417 e. The number of hydrogen-bond acceptors (Lipinski definition) is 6. The zero-order valence-corrected chi connectivity index (χ0v) is 18.8. The van der Waals surface area contributed by atoms with E-state index in [-0.39, 0.29) is 24.3 Å². The Morgan fingerprint density at radius 2 is 2.12 bits per heavy atom. The fourth-order valence-corrected chi connectivity index (χ4v) is 6.30. The molecule has 4 aliphatic rings. The van der Waals surface area contributed by atoms with Crippen molar-refractivity contribution in [2.75, 3.05) is 11.5 Å². The Kier molecular flexibility index (Phi) is 4.94. The van der Waals surface area contributed by atoms with Crippen molar-refractivity contribution in [1.82, 2.24) is 5.32 Å². The summed E-state index contributed by atoms with van der Waals surface area (Å²) in [5.41, 5.74) is -3.43. The van der Waals surface area contributed by atoms with Crippen molar-refractivity contribution in [2.45, 2.75) is 69.4 Å². The maximum atomic E-state index is 13.6. The predicted octanol–water partition coefficient (Wildman–Crippen LogP) is 3.34. The molecule has 0 unspecified atom stereocenters. The zero-order valence-electron chi connectivity index (χ0n) is 18.8. The monoisotopic (exact) mass is 479 g/mol. The largest absolute Gasteiger partial charge is 0.447 e. The van der Waals surface area contributed by atoms with Gasteiger partial charge in [0.1, 0.15) is 6.23 Å². The highest BCUT2D eigenvalue weighted by Gasteiger charge is 2.78. The average molecular weight is 479 g/mol. The Labute approximate surface area is 193 Å². The van der Waals surface area contributed by atoms with Crippen LogP contribution in [0.4, 0.5) is 23.7 Å². The average Bonchev–Trinajstić information content (AvgIpc) is 3.30. The maximum absolute atomic E-state index is 13.6. The standard InChI is InChI=1S/C23H24F3N3O5/c1-11(2)33-20(31)28-15-9-21(3)16-17-19(32-7-6-22(15,17)34-21)29(18(16)30)13-5-4-12(10-27)14(8-13)23(24,25)26/h4-5,8,11,15-17,19H,6-7,9H2,1-3H3,(H,28,31)/t15-,16+,17-,19-,21+,22-/m0/s1. The first-order valence-corrected chi connectivity index (χ1v) is 11.1. The fraction of sp³-hybridized carbons (Fsp3) is 0.609. The molecule has 1 aromatic rings. The van der Waals surface area contributed by atoms with Crippen LogP contribution in [0.2, 0.25) is 0 Å². The molecule has 6 atom stereocenters. The van der Waals surface area contributed by atoms with Gasteiger partial charge in [0.15, 0.2) is 0 Å². The van der Waals surface area contributed by atoms with Crippen molar-refractivity contribution in [2.24, 2.45) is 11.8 Å². The number of nitrogens with zero attached hydrogens (tertiary/aromatic N) is 2. The lowest BCUT2D eigenvalue weighted by Crippen LogP contribution is -2.61. The number of rotatable bonds is 3. The third-order valence-corrected chi connectivity index (χ3v) is 7.39. The third kappa shape index (κ3) is 3.11. The highest BCUT2D eigenvalue weighted by molar-refractivity contribution is 6.00. The van der Waals surface area contributed by atoms with E-state index in [0.717, 1.165) is 12.1 Å². The molecule has 182 valence electrons. The molecule has 2 bridgehead atoms. The van der Waals surface area contributed by atoms with Crippen molar-refractivity contribution in [3.8, 4) is 6.07 Å². The van der Waals surface area contributed by atoms with E-state index in [1.807, 2.05) is 0 Å². The molecule has 1 aromatic carbocycles. The lowest BCUT2D eigenvalue weighted by Gasteiger charge is -2.45. The van der Waals surface area contributed by atoms with Crippen molar-refractivity contribution in [3.05, 3.63) is 29.3 Å². The smallest absolute Gasteiger partial charge is 0.417 e. The van der Waals surface area contributed by atoms with Gasteiger partial charge in [0.25, 0.3) is 0 Å². The van der Waals surface area contributed by atoms with Gasteiger partial charge in [-0.3, -0.25) is 9.69 Å². The van der Waals surface area contributed by atoms with E-state index in [4.69, 9.17) is 19.5 Å². The molecule has 4 fully saturated rings. The minimum Gasteiger partial charge on any atom is -0.447 e. The van der Waals surface area contributed by atoms with Gasteiger partial charge in [-0.25, -0.2) is 4.79 Å². The number of nitrogens with one attached hydrogen (secondary N) is 1. The lowest BCUT2D eigenvalue weighted by atomic mass is 9.64. The van der Waals surface area contributed by atoms with E-state index >= 15 is 0 Å². The molecule has 1 N–H and O–H groups in total. The van der Waals surface area contributed by atoms with Gasteiger partial charge >= 0.3 is 12.3 Å². The third-order valence-electron chi connectivity index (χ3n) is 7.39. The van der Waals surface area contributed by atoms with E-state index < -0.39 is 58.7 Å². The quantitative estimate of drug-likeness (QED) is 0.714. The Morgan fingerprint density at radius 3 is 2.76 bits per heavy atom. The van der Waals surface area contributed by atoms with Crippen LogP contribution in [0.1, 0.15) is 44.7 Å². The summed E-state index contributed by atoms with van der Waals surface area (Å²) in [6, 6.07) is 4.34. The van der Waals surface area contributed by atoms with Crippen molar-refractivity contribution >= 4 is 17.7 Å². The number of benzene rings is 1. The van der Waals surface area contributed by atoms with Gasteiger partial charge in [0.05, 0.1) is 59.0 Å². The normalized spacial score (nSPS) is 35.9. The minimum atomic E-state index is -4.76. The van der Waals surface area contributed by atoms with E-state index in [1.54, 1.807) is 26.8 Å². The van der Waals surface area contributed by atoms with Crippen LogP contribution in [0, 0.1) is 23.2 Å². The van der Waals surface area contributed by atoms with Crippen LogP contribution in [0.5, 0.6) is 0 Å². The number of hydrogen-bond donors (Lipinski definition) is 1. The number of fused-ring (bicyclic) bond motifs is 2. The van der Waals surface area contributed by atoms with Gasteiger partial charge in [0, 0.05) is 18.5 Å². The van der Waals surface area contributed by atoms with Crippen LogP contribution in [0.15, 0.2) is 18.2 Å². The molecule has 1 spiro atoms. The van der Waals surface area contributed by atoms with Crippen LogP contribution < -0.4 is 10.2 Å². The number of alkyl carbamates (subject to hydrolysis) is 1. The molecular formula is C23H24F3N3O5. The number of carbonyl (C=O) groups excluding carboxylic acids is 2. The minimum absolute atomic E-state index is 0.0134. The second-order valence-electron chi connectivity index (χ2n) is 9.79. The van der Waals surface area contributed by atoms with Gasteiger partial charge < -0.3 is 19.5 Å².